The molecule has 0 unspecified atom stereocenters. The molecule has 0 saturated heterocycles. The lowest BCUT2D eigenvalue weighted by atomic mass is 10.3. The molecule has 0 aromatic carbocycles. The third kappa shape index (κ3) is 4.18. The molecular formula is C15H23N3S. The smallest absolute Gasteiger partial charge is 0.0596 e. The van der Waals surface area contributed by atoms with Crippen molar-refractivity contribution in [2.45, 2.75) is 46.7 Å². The third-order valence-electron chi connectivity index (χ3n) is 3.19. The summed E-state index contributed by atoms with van der Waals surface area (Å²) in [4.78, 5) is 2.91. The van der Waals surface area contributed by atoms with E-state index in [0.29, 0.717) is 0 Å². The highest BCUT2D eigenvalue weighted by molar-refractivity contribution is 7.11. The van der Waals surface area contributed by atoms with Gasteiger partial charge in [-0.25, -0.2) is 0 Å². The SMILES string of the molecule is CCc1ccc(CNCCCn2nc(C)cc2C)s1. The third-order valence-corrected chi connectivity index (χ3v) is 4.42. The molecule has 0 bridgehead atoms. The van der Waals surface area contributed by atoms with Crippen LogP contribution in [0.25, 0.3) is 0 Å². The fourth-order valence-corrected chi connectivity index (χ4v) is 3.10. The molecule has 4 heteroatoms. The standard InChI is InChI=1S/C15H23N3S/c1-4-14-6-7-15(19-14)11-16-8-5-9-18-13(3)10-12(2)17-18/h6-7,10,16H,4-5,8-9,11H2,1-3H3. The van der Waals surface area contributed by atoms with Crippen molar-refractivity contribution in [1.82, 2.24) is 15.1 Å². The predicted octanol–water partition coefficient (Wildman–Crippen LogP) is 3.30. The molecule has 0 aliphatic carbocycles. The summed E-state index contributed by atoms with van der Waals surface area (Å²) in [6.07, 6.45) is 2.26. The summed E-state index contributed by atoms with van der Waals surface area (Å²) in [5.74, 6) is 0. The van der Waals surface area contributed by atoms with Gasteiger partial charge < -0.3 is 5.32 Å². The highest BCUT2D eigenvalue weighted by Crippen LogP contribution is 2.16. The Bertz CT molecular complexity index is 513. The molecular weight excluding hydrogens is 254 g/mol. The molecule has 0 atom stereocenters. The summed E-state index contributed by atoms with van der Waals surface area (Å²) >= 11 is 1.91. The lowest BCUT2D eigenvalue weighted by Gasteiger charge is -2.05. The molecule has 2 aromatic heterocycles. The first-order valence-corrected chi connectivity index (χ1v) is 7.80. The molecule has 1 N–H and O–H groups in total. The van der Waals surface area contributed by atoms with Gasteiger partial charge in [-0.2, -0.15) is 5.10 Å². The Morgan fingerprint density at radius 1 is 1.26 bits per heavy atom. The van der Waals surface area contributed by atoms with Crippen molar-refractivity contribution in [2.75, 3.05) is 6.54 Å². The van der Waals surface area contributed by atoms with Crippen molar-refractivity contribution in [3.05, 3.63) is 39.3 Å². The molecule has 0 radical (unpaired) electrons. The van der Waals surface area contributed by atoms with Gasteiger partial charge in [0.1, 0.15) is 0 Å². The van der Waals surface area contributed by atoms with E-state index in [1.807, 2.05) is 18.3 Å². The fourth-order valence-electron chi connectivity index (χ4n) is 2.17. The van der Waals surface area contributed by atoms with Crippen LogP contribution in [0.15, 0.2) is 18.2 Å². The summed E-state index contributed by atoms with van der Waals surface area (Å²) in [5, 5.41) is 7.98. The minimum Gasteiger partial charge on any atom is -0.312 e. The number of thiophene rings is 1. The van der Waals surface area contributed by atoms with Crippen LogP contribution in [0.2, 0.25) is 0 Å². The summed E-state index contributed by atoms with van der Waals surface area (Å²) < 4.78 is 2.09. The first-order chi connectivity index (χ1) is 9.19. The van der Waals surface area contributed by atoms with Crippen LogP contribution in [0.4, 0.5) is 0 Å². The van der Waals surface area contributed by atoms with Gasteiger partial charge in [-0.3, -0.25) is 4.68 Å². The number of nitrogens with zero attached hydrogens (tertiary/aromatic N) is 2. The first kappa shape index (κ1) is 14.3. The molecule has 2 heterocycles. The largest absolute Gasteiger partial charge is 0.312 e. The Morgan fingerprint density at radius 2 is 2.05 bits per heavy atom. The van der Waals surface area contributed by atoms with Gasteiger partial charge in [0.2, 0.25) is 0 Å². The number of aromatic nitrogens is 2. The number of hydrogen-bond donors (Lipinski definition) is 1. The van der Waals surface area contributed by atoms with Crippen molar-refractivity contribution in [1.29, 1.82) is 0 Å². The summed E-state index contributed by atoms with van der Waals surface area (Å²) in [7, 11) is 0. The molecule has 104 valence electrons. The van der Waals surface area contributed by atoms with Crippen LogP contribution in [-0.2, 0) is 19.5 Å². The number of hydrogen-bond acceptors (Lipinski definition) is 3. The molecule has 2 rings (SSSR count). The van der Waals surface area contributed by atoms with Crippen LogP contribution in [0.5, 0.6) is 0 Å². The van der Waals surface area contributed by atoms with E-state index in [4.69, 9.17) is 0 Å². The summed E-state index contributed by atoms with van der Waals surface area (Å²) in [6, 6.07) is 6.60. The van der Waals surface area contributed by atoms with Crippen molar-refractivity contribution in [3.63, 3.8) is 0 Å². The normalized spacial score (nSPS) is 11.1. The maximum atomic E-state index is 4.47. The van der Waals surface area contributed by atoms with E-state index >= 15 is 0 Å². The van der Waals surface area contributed by atoms with Gasteiger partial charge in [0.25, 0.3) is 0 Å². The van der Waals surface area contributed by atoms with Crippen LogP contribution in [0.1, 0.15) is 34.5 Å². The maximum Gasteiger partial charge on any atom is 0.0596 e. The van der Waals surface area contributed by atoms with Gasteiger partial charge in [-0.15, -0.1) is 11.3 Å². The lowest BCUT2D eigenvalue weighted by Crippen LogP contribution is -2.16. The van der Waals surface area contributed by atoms with Crippen molar-refractivity contribution in [3.8, 4) is 0 Å². The van der Waals surface area contributed by atoms with Gasteiger partial charge >= 0.3 is 0 Å². The van der Waals surface area contributed by atoms with Crippen LogP contribution >= 0.6 is 11.3 Å². The Hall–Kier alpha value is -1.13. The molecule has 0 aliphatic rings. The lowest BCUT2D eigenvalue weighted by molar-refractivity contribution is 0.533. The molecule has 0 saturated carbocycles. The molecule has 0 amide bonds. The van der Waals surface area contributed by atoms with E-state index in [2.05, 4.69) is 47.1 Å². The van der Waals surface area contributed by atoms with Crippen LogP contribution in [-0.4, -0.2) is 16.3 Å². The molecule has 0 fully saturated rings. The van der Waals surface area contributed by atoms with Gasteiger partial charge in [0.15, 0.2) is 0 Å². The van der Waals surface area contributed by atoms with Gasteiger partial charge in [0, 0.05) is 28.5 Å². The van der Waals surface area contributed by atoms with Gasteiger partial charge in [0.05, 0.1) is 5.69 Å². The summed E-state index contributed by atoms with van der Waals surface area (Å²) in [6.45, 7) is 9.39. The predicted molar refractivity (Wildman–Crippen MR) is 81.7 cm³/mol. The van der Waals surface area contributed by atoms with E-state index in [1.54, 1.807) is 0 Å². The van der Waals surface area contributed by atoms with Crippen LogP contribution in [0.3, 0.4) is 0 Å². The average Bonchev–Trinajstić information content (AvgIpc) is 2.96. The minimum absolute atomic E-state index is 0.988. The average molecular weight is 277 g/mol. The van der Waals surface area contributed by atoms with E-state index in [1.165, 1.54) is 15.4 Å². The Kier molecular flexibility index (Phi) is 5.16. The minimum atomic E-state index is 0.988. The second-order valence-electron chi connectivity index (χ2n) is 4.90. The number of aryl methyl sites for hydroxylation is 4. The quantitative estimate of drug-likeness (QED) is 0.787. The molecule has 0 aliphatic heterocycles. The van der Waals surface area contributed by atoms with E-state index in [-0.39, 0.29) is 0 Å². The highest BCUT2D eigenvalue weighted by atomic mass is 32.1. The zero-order valence-corrected chi connectivity index (χ0v) is 12.9. The second kappa shape index (κ2) is 6.87. The molecule has 3 nitrogen and oxygen atoms in total. The number of nitrogens with one attached hydrogen (secondary N) is 1. The molecule has 0 spiro atoms. The number of rotatable bonds is 7. The van der Waals surface area contributed by atoms with Crippen LogP contribution < -0.4 is 5.32 Å². The monoisotopic (exact) mass is 277 g/mol. The fraction of sp³-hybridized carbons (Fsp3) is 0.533. The zero-order chi connectivity index (χ0) is 13.7. The Labute approximate surface area is 119 Å². The molecule has 19 heavy (non-hydrogen) atoms. The van der Waals surface area contributed by atoms with Gasteiger partial charge in [-0.05, 0) is 51.4 Å². The van der Waals surface area contributed by atoms with Crippen molar-refractivity contribution in [2.24, 2.45) is 0 Å². The van der Waals surface area contributed by atoms with E-state index in [0.717, 1.165) is 38.2 Å². The van der Waals surface area contributed by atoms with Crippen molar-refractivity contribution >= 4 is 11.3 Å². The molecule has 2 aromatic rings. The highest BCUT2D eigenvalue weighted by Gasteiger charge is 2.01. The first-order valence-electron chi connectivity index (χ1n) is 6.98. The van der Waals surface area contributed by atoms with E-state index in [9.17, 15) is 0 Å². The second-order valence-corrected chi connectivity index (χ2v) is 6.16. The zero-order valence-electron chi connectivity index (χ0n) is 12.1. The topological polar surface area (TPSA) is 29.9 Å². The van der Waals surface area contributed by atoms with E-state index < -0.39 is 0 Å². The Morgan fingerprint density at radius 3 is 2.68 bits per heavy atom. The van der Waals surface area contributed by atoms with Crippen LogP contribution in [0, 0.1) is 13.8 Å². The maximum absolute atomic E-state index is 4.47. The summed E-state index contributed by atoms with van der Waals surface area (Å²) in [5.41, 5.74) is 2.36. The van der Waals surface area contributed by atoms with Crippen molar-refractivity contribution < 1.29 is 0 Å². The Balaban J connectivity index is 1.65. The van der Waals surface area contributed by atoms with Gasteiger partial charge in [-0.1, -0.05) is 6.92 Å².